The first-order valence-corrected chi connectivity index (χ1v) is 6.38. The lowest BCUT2D eigenvalue weighted by molar-refractivity contribution is 0.0947. The number of nitrogens with one attached hydrogen (secondary N) is 2. The van der Waals surface area contributed by atoms with Crippen LogP contribution in [0.25, 0.3) is 0 Å². The maximum absolute atomic E-state index is 11.7. The summed E-state index contributed by atoms with van der Waals surface area (Å²) in [6.45, 7) is 4.64. The number of H-pyrrole nitrogens is 1. The van der Waals surface area contributed by atoms with Crippen LogP contribution in [-0.2, 0) is 0 Å². The summed E-state index contributed by atoms with van der Waals surface area (Å²) in [5.74, 6) is 0.169. The van der Waals surface area contributed by atoms with Gasteiger partial charge in [-0.3, -0.25) is 4.79 Å². The second-order valence-corrected chi connectivity index (χ2v) is 4.91. The van der Waals surface area contributed by atoms with E-state index >= 15 is 0 Å². The monoisotopic (exact) mass is 249 g/mol. The molecule has 0 aromatic carbocycles. The van der Waals surface area contributed by atoms with Crippen molar-refractivity contribution in [2.45, 2.75) is 19.8 Å². The molecule has 2 N–H and O–H groups in total. The molecule has 90 valence electrons. The molecule has 0 aliphatic heterocycles. The van der Waals surface area contributed by atoms with Gasteiger partial charge < -0.3 is 10.3 Å². The second-order valence-electron chi connectivity index (χ2n) is 4.02. The van der Waals surface area contributed by atoms with Gasteiger partial charge in [0.1, 0.15) is 5.69 Å². The molecule has 0 unspecified atom stereocenters. The summed E-state index contributed by atoms with van der Waals surface area (Å²) in [5.41, 5.74) is 1.63. The molecule has 1 amide bonds. The van der Waals surface area contributed by atoms with Crippen molar-refractivity contribution in [3.8, 4) is 0 Å². The van der Waals surface area contributed by atoms with E-state index in [0.717, 1.165) is 10.7 Å². The van der Waals surface area contributed by atoms with Crippen molar-refractivity contribution in [1.82, 2.24) is 15.3 Å². The Morgan fingerprint density at radius 2 is 2.47 bits per heavy atom. The molecule has 0 fully saturated rings. The standard InChI is InChI=1S/C12H15N3OS/c1-8(12-15-9(2)7-17-12)6-14-11(16)10-4-3-5-13-10/h3-5,7-8,13H,6H2,1-2H3,(H,14,16)/t8-/m1/s1. The van der Waals surface area contributed by atoms with Gasteiger partial charge in [-0.05, 0) is 19.1 Å². The molecule has 4 nitrogen and oxygen atoms in total. The van der Waals surface area contributed by atoms with Crippen LogP contribution in [0.1, 0.15) is 34.0 Å². The highest BCUT2D eigenvalue weighted by Crippen LogP contribution is 2.18. The lowest BCUT2D eigenvalue weighted by Gasteiger charge is -2.09. The van der Waals surface area contributed by atoms with Crippen molar-refractivity contribution in [1.29, 1.82) is 0 Å². The lowest BCUT2D eigenvalue weighted by atomic mass is 10.2. The molecule has 2 aromatic rings. The predicted molar refractivity (Wildman–Crippen MR) is 68.4 cm³/mol. The zero-order valence-corrected chi connectivity index (χ0v) is 10.7. The van der Waals surface area contributed by atoms with Crippen molar-refractivity contribution in [2.24, 2.45) is 0 Å². The Kier molecular flexibility index (Phi) is 3.58. The number of carbonyl (C=O) groups is 1. The van der Waals surface area contributed by atoms with E-state index < -0.39 is 0 Å². The van der Waals surface area contributed by atoms with E-state index in [0.29, 0.717) is 12.2 Å². The Hall–Kier alpha value is -1.62. The molecule has 17 heavy (non-hydrogen) atoms. The van der Waals surface area contributed by atoms with Crippen LogP contribution < -0.4 is 5.32 Å². The third-order valence-corrected chi connectivity index (χ3v) is 3.66. The van der Waals surface area contributed by atoms with E-state index in [1.807, 2.05) is 18.4 Å². The van der Waals surface area contributed by atoms with Crippen LogP contribution in [0, 0.1) is 6.92 Å². The van der Waals surface area contributed by atoms with Crippen LogP contribution in [0.4, 0.5) is 0 Å². The third kappa shape index (κ3) is 2.94. The van der Waals surface area contributed by atoms with Gasteiger partial charge in [0, 0.05) is 29.7 Å². The zero-order chi connectivity index (χ0) is 12.3. The van der Waals surface area contributed by atoms with Crippen molar-refractivity contribution in [2.75, 3.05) is 6.54 Å². The Labute approximate surface area is 104 Å². The second kappa shape index (κ2) is 5.14. The Morgan fingerprint density at radius 3 is 3.06 bits per heavy atom. The third-order valence-electron chi connectivity index (χ3n) is 2.47. The first kappa shape index (κ1) is 11.9. The van der Waals surface area contributed by atoms with Crippen LogP contribution in [0.2, 0.25) is 0 Å². The minimum Gasteiger partial charge on any atom is -0.357 e. The summed E-state index contributed by atoms with van der Waals surface area (Å²) in [7, 11) is 0. The van der Waals surface area contributed by atoms with Gasteiger partial charge in [0.25, 0.3) is 5.91 Å². The first-order valence-electron chi connectivity index (χ1n) is 5.50. The molecule has 0 aliphatic rings. The van der Waals surface area contributed by atoms with Crippen LogP contribution >= 0.6 is 11.3 Å². The molecular weight excluding hydrogens is 234 g/mol. The van der Waals surface area contributed by atoms with Gasteiger partial charge in [-0.15, -0.1) is 11.3 Å². The van der Waals surface area contributed by atoms with Gasteiger partial charge in [0.2, 0.25) is 0 Å². The summed E-state index contributed by atoms with van der Waals surface area (Å²) in [4.78, 5) is 19.0. The SMILES string of the molecule is Cc1csc([C@H](C)CNC(=O)c2ccc[nH]2)n1. The number of thiazole rings is 1. The topological polar surface area (TPSA) is 57.8 Å². The Bertz CT molecular complexity index is 490. The lowest BCUT2D eigenvalue weighted by Crippen LogP contribution is -2.27. The number of nitrogens with zero attached hydrogens (tertiary/aromatic N) is 1. The molecule has 0 bridgehead atoms. The minimum absolute atomic E-state index is 0.0740. The highest BCUT2D eigenvalue weighted by Gasteiger charge is 2.12. The predicted octanol–water partition coefficient (Wildman–Crippen LogP) is 2.31. The average Bonchev–Trinajstić information content (AvgIpc) is 2.95. The van der Waals surface area contributed by atoms with Gasteiger partial charge in [0.15, 0.2) is 0 Å². The Balaban J connectivity index is 1.88. The fourth-order valence-electron chi connectivity index (χ4n) is 1.50. The highest BCUT2D eigenvalue weighted by molar-refractivity contribution is 7.09. The van der Waals surface area contributed by atoms with E-state index in [9.17, 15) is 4.79 Å². The molecular formula is C12H15N3OS. The first-order chi connectivity index (χ1) is 8.16. The number of rotatable bonds is 4. The van der Waals surface area contributed by atoms with Crippen molar-refractivity contribution in [3.05, 3.63) is 40.1 Å². The van der Waals surface area contributed by atoms with Gasteiger partial charge in [-0.1, -0.05) is 6.92 Å². The number of hydrogen-bond donors (Lipinski definition) is 2. The maximum atomic E-state index is 11.7. The number of hydrogen-bond acceptors (Lipinski definition) is 3. The molecule has 0 saturated carbocycles. The fourth-order valence-corrected chi connectivity index (χ4v) is 2.35. The van der Waals surface area contributed by atoms with Crippen molar-refractivity contribution >= 4 is 17.2 Å². The summed E-state index contributed by atoms with van der Waals surface area (Å²) in [6.07, 6.45) is 1.74. The summed E-state index contributed by atoms with van der Waals surface area (Å²) >= 11 is 1.64. The van der Waals surface area contributed by atoms with Gasteiger partial charge in [0.05, 0.1) is 5.01 Å². The smallest absolute Gasteiger partial charge is 0.267 e. The van der Waals surface area contributed by atoms with E-state index in [1.54, 1.807) is 23.6 Å². The van der Waals surface area contributed by atoms with Crippen LogP contribution in [0.3, 0.4) is 0 Å². The molecule has 2 aromatic heterocycles. The van der Waals surface area contributed by atoms with Crippen LogP contribution in [0.15, 0.2) is 23.7 Å². The minimum atomic E-state index is -0.0740. The van der Waals surface area contributed by atoms with E-state index in [-0.39, 0.29) is 11.8 Å². The number of aromatic nitrogens is 2. The molecule has 0 spiro atoms. The quantitative estimate of drug-likeness (QED) is 0.873. The average molecular weight is 249 g/mol. The summed E-state index contributed by atoms with van der Waals surface area (Å²) < 4.78 is 0. The normalized spacial score (nSPS) is 12.4. The number of carbonyl (C=O) groups excluding carboxylic acids is 1. The zero-order valence-electron chi connectivity index (χ0n) is 9.86. The molecule has 5 heteroatoms. The van der Waals surface area contributed by atoms with Gasteiger partial charge >= 0.3 is 0 Å². The molecule has 2 rings (SSSR count). The maximum Gasteiger partial charge on any atom is 0.267 e. The number of amides is 1. The van der Waals surface area contributed by atoms with E-state index in [2.05, 4.69) is 22.2 Å². The molecule has 0 saturated heterocycles. The number of aryl methyl sites for hydroxylation is 1. The van der Waals surface area contributed by atoms with Gasteiger partial charge in [-0.2, -0.15) is 0 Å². The summed E-state index contributed by atoms with van der Waals surface area (Å²) in [5, 5.41) is 5.98. The molecule has 0 aliphatic carbocycles. The number of aromatic amines is 1. The largest absolute Gasteiger partial charge is 0.357 e. The van der Waals surface area contributed by atoms with Crippen LogP contribution in [-0.4, -0.2) is 22.4 Å². The molecule has 1 atom stereocenters. The van der Waals surface area contributed by atoms with Gasteiger partial charge in [-0.25, -0.2) is 4.98 Å². The molecule has 2 heterocycles. The molecule has 0 radical (unpaired) electrons. The Morgan fingerprint density at radius 1 is 1.65 bits per heavy atom. The van der Waals surface area contributed by atoms with Crippen molar-refractivity contribution in [3.63, 3.8) is 0 Å². The fraction of sp³-hybridized carbons (Fsp3) is 0.333. The van der Waals surface area contributed by atoms with E-state index in [4.69, 9.17) is 0 Å². The van der Waals surface area contributed by atoms with Crippen molar-refractivity contribution < 1.29 is 4.79 Å². The summed E-state index contributed by atoms with van der Waals surface area (Å²) in [6, 6.07) is 3.57. The van der Waals surface area contributed by atoms with E-state index in [1.165, 1.54) is 0 Å². The highest BCUT2D eigenvalue weighted by atomic mass is 32.1. The van der Waals surface area contributed by atoms with Crippen LogP contribution in [0.5, 0.6) is 0 Å².